The van der Waals surface area contributed by atoms with Crippen LogP contribution >= 0.6 is 0 Å². The Hall–Kier alpha value is -1.68. The van der Waals surface area contributed by atoms with E-state index in [1.54, 1.807) is 6.33 Å². The summed E-state index contributed by atoms with van der Waals surface area (Å²) in [4.78, 5) is 4.29. The molecule has 1 unspecified atom stereocenters. The maximum Gasteiger partial charge on any atom is 0.145 e. The zero-order valence-corrected chi connectivity index (χ0v) is 11.7. The van der Waals surface area contributed by atoms with E-state index < -0.39 is 0 Å². The summed E-state index contributed by atoms with van der Waals surface area (Å²) in [5, 5.41) is 10.5. The van der Waals surface area contributed by atoms with Gasteiger partial charge in [-0.15, -0.1) is 0 Å². The highest BCUT2D eigenvalue weighted by Gasteiger charge is 2.16. The molecular weight excluding hydrogens is 236 g/mol. The van der Waals surface area contributed by atoms with Gasteiger partial charge >= 0.3 is 0 Å². The number of hydrogen-bond donors (Lipinski definition) is 2. The van der Waals surface area contributed by atoms with Crippen LogP contribution in [0.25, 0.3) is 0 Å². The van der Waals surface area contributed by atoms with Gasteiger partial charge in [-0.3, -0.25) is 5.10 Å². The monoisotopic (exact) mass is 258 g/mol. The van der Waals surface area contributed by atoms with Crippen LogP contribution < -0.4 is 5.32 Å². The molecule has 0 radical (unpaired) electrons. The topological polar surface area (TPSA) is 53.6 Å². The van der Waals surface area contributed by atoms with Crippen molar-refractivity contribution in [1.82, 2.24) is 20.5 Å². The summed E-state index contributed by atoms with van der Waals surface area (Å²) >= 11 is 0. The van der Waals surface area contributed by atoms with Crippen LogP contribution in [0, 0.1) is 0 Å². The largest absolute Gasteiger partial charge is 0.304 e. The maximum absolute atomic E-state index is 4.29. The molecule has 0 fully saturated rings. The van der Waals surface area contributed by atoms with E-state index in [9.17, 15) is 0 Å². The molecule has 0 amide bonds. The average molecular weight is 258 g/mol. The van der Waals surface area contributed by atoms with Crippen molar-refractivity contribution in [2.45, 2.75) is 39.2 Å². The molecule has 0 bridgehead atoms. The third kappa shape index (κ3) is 3.64. The zero-order valence-electron chi connectivity index (χ0n) is 11.7. The number of H-pyrrole nitrogens is 1. The molecule has 2 rings (SSSR count). The van der Waals surface area contributed by atoms with Crippen molar-refractivity contribution in [1.29, 1.82) is 0 Å². The number of hydrogen-bond acceptors (Lipinski definition) is 3. The average Bonchev–Trinajstić information content (AvgIpc) is 2.94. The van der Waals surface area contributed by atoms with Gasteiger partial charge in [0.2, 0.25) is 0 Å². The van der Waals surface area contributed by atoms with E-state index in [0.717, 1.165) is 25.2 Å². The lowest BCUT2D eigenvalue weighted by molar-refractivity contribution is 0.573. The van der Waals surface area contributed by atoms with E-state index in [1.807, 2.05) is 0 Å². The second-order valence-electron chi connectivity index (χ2n) is 4.75. The van der Waals surface area contributed by atoms with Gasteiger partial charge in [-0.25, -0.2) is 4.98 Å². The summed E-state index contributed by atoms with van der Waals surface area (Å²) in [5.74, 6) is 0.877. The van der Waals surface area contributed by atoms with Gasteiger partial charge in [0.1, 0.15) is 12.2 Å². The standard InChI is InChI=1S/C15H22N4/c1-3-6-12-7-5-8-13(10-12)14(16-9-4-2)15-17-11-18-19-15/h5,7-8,10-11,14,16H,3-4,6,9H2,1-2H3,(H,17,18,19). The molecular formula is C15H22N4. The predicted molar refractivity (Wildman–Crippen MR) is 77.0 cm³/mol. The first kappa shape index (κ1) is 13.7. The molecule has 0 saturated heterocycles. The van der Waals surface area contributed by atoms with Gasteiger partial charge in [0.25, 0.3) is 0 Å². The third-order valence-electron chi connectivity index (χ3n) is 3.13. The Morgan fingerprint density at radius 1 is 1.26 bits per heavy atom. The molecule has 4 heteroatoms. The van der Waals surface area contributed by atoms with Crippen molar-refractivity contribution in [2.75, 3.05) is 6.54 Å². The number of aryl methyl sites for hydroxylation is 1. The quantitative estimate of drug-likeness (QED) is 0.803. The van der Waals surface area contributed by atoms with Crippen LogP contribution in [0.2, 0.25) is 0 Å². The lowest BCUT2D eigenvalue weighted by atomic mass is 10.0. The second kappa shape index (κ2) is 7.04. The summed E-state index contributed by atoms with van der Waals surface area (Å²) in [6.45, 7) is 5.33. The number of aromatic nitrogens is 3. The van der Waals surface area contributed by atoms with E-state index in [0.29, 0.717) is 0 Å². The Labute approximate surface area is 114 Å². The van der Waals surface area contributed by atoms with E-state index in [2.05, 4.69) is 58.6 Å². The highest BCUT2D eigenvalue weighted by molar-refractivity contribution is 5.29. The minimum absolute atomic E-state index is 0.0965. The van der Waals surface area contributed by atoms with Crippen molar-refractivity contribution < 1.29 is 0 Å². The Bertz CT molecular complexity index is 479. The molecule has 1 heterocycles. The van der Waals surface area contributed by atoms with Crippen LogP contribution in [0.3, 0.4) is 0 Å². The maximum atomic E-state index is 4.29. The van der Waals surface area contributed by atoms with Gasteiger partial charge in [-0.05, 0) is 30.5 Å². The van der Waals surface area contributed by atoms with E-state index >= 15 is 0 Å². The van der Waals surface area contributed by atoms with Crippen LogP contribution in [-0.2, 0) is 6.42 Å². The van der Waals surface area contributed by atoms with Crippen LogP contribution in [-0.4, -0.2) is 21.7 Å². The molecule has 0 aliphatic carbocycles. The summed E-state index contributed by atoms with van der Waals surface area (Å²) in [5.41, 5.74) is 2.62. The minimum Gasteiger partial charge on any atom is -0.304 e. The van der Waals surface area contributed by atoms with Crippen LogP contribution in [0.15, 0.2) is 30.6 Å². The molecule has 0 spiro atoms. The molecule has 4 nitrogen and oxygen atoms in total. The van der Waals surface area contributed by atoms with Gasteiger partial charge in [0.15, 0.2) is 0 Å². The Morgan fingerprint density at radius 2 is 2.16 bits per heavy atom. The van der Waals surface area contributed by atoms with Crippen molar-refractivity contribution in [2.24, 2.45) is 0 Å². The molecule has 0 saturated carbocycles. The van der Waals surface area contributed by atoms with Gasteiger partial charge in [-0.2, -0.15) is 5.10 Å². The molecule has 0 aliphatic heterocycles. The molecule has 0 aliphatic rings. The number of nitrogens with one attached hydrogen (secondary N) is 2. The fourth-order valence-corrected chi connectivity index (χ4v) is 2.23. The molecule has 19 heavy (non-hydrogen) atoms. The predicted octanol–water partition coefficient (Wildman–Crippen LogP) is 2.85. The smallest absolute Gasteiger partial charge is 0.145 e. The summed E-state index contributed by atoms with van der Waals surface area (Å²) < 4.78 is 0. The normalized spacial score (nSPS) is 12.5. The first-order valence-corrected chi connectivity index (χ1v) is 7.02. The molecule has 1 aromatic carbocycles. The summed E-state index contributed by atoms with van der Waals surface area (Å²) in [7, 11) is 0. The first-order chi connectivity index (χ1) is 9.35. The van der Waals surface area contributed by atoms with Gasteiger partial charge in [-0.1, -0.05) is 44.5 Å². The van der Waals surface area contributed by atoms with Crippen LogP contribution in [0.4, 0.5) is 0 Å². The molecule has 2 N–H and O–H groups in total. The fourth-order valence-electron chi connectivity index (χ4n) is 2.23. The van der Waals surface area contributed by atoms with Crippen molar-refractivity contribution in [3.05, 3.63) is 47.5 Å². The highest BCUT2D eigenvalue weighted by atomic mass is 15.2. The molecule has 1 aromatic heterocycles. The molecule has 102 valence electrons. The van der Waals surface area contributed by atoms with Crippen molar-refractivity contribution >= 4 is 0 Å². The minimum atomic E-state index is 0.0965. The first-order valence-electron chi connectivity index (χ1n) is 7.02. The van der Waals surface area contributed by atoms with Gasteiger partial charge in [0, 0.05) is 0 Å². The number of rotatable bonds is 7. The number of aromatic amines is 1. The van der Waals surface area contributed by atoms with Crippen LogP contribution in [0.1, 0.15) is 49.7 Å². The van der Waals surface area contributed by atoms with Crippen molar-refractivity contribution in [3.63, 3.8) is 0 Å². The van der Waals surface area contributed by atoms with Crippen LogP contribution in [0.5, 0.6) is 0 Å². The molecule has 2 aromatic rings. The Balaban J connectivity index is 2.24. The van der Waals surface area contributed by atoms with Crippen molar-refractivity contribution in [3.8, 4) is 0 Å². The van der Waals surface area contributed by atoms with E-state index in [-0.39, 0.29) is 6.04 Å². The lowest BCUT2D eigenvalue weighted by Gasteiger charge is -2.17. The zero-order chi connectivity index (χ0) is 13.5. The lowest BCUT2D eigenvalue weighted by Crippen LogP contribution is -2.24. The number of benzene rings is 1. The van der Waals surface area contributed by atoms with Gasteiger partial charge < -0.3 is 5.32 Å². The summed E-state index contributed by atoms with van der Waals surface area (Å²) in [6, 6.07) is 8.81. The van der Waals surface area contributed by atoms with Gasteiger partial charge in [0.05, 0.1) is 6.04 Å². The summed E-state index contributed by atoms with van der Waals surface area (Å²) in [6.07, 6.45) is 4.94. The molecule has 1 atom stereocenters. The third-order valence-corrected chi connectivity index (χ3v) is 3.13. The highest BCUT2D eigenvalue weighted by Crippen LogP contribution is 2.20. The number of nitrogens with zero attached hydrogens (tertiary/aromatic N) is 2. The van der Waals surface area contributed by atoms with E-state index in [1.165, 1.54) is 17.5 Å². The van der Waals surface area contributed by atoms with E-state index in [4.69, 9.17) is 0 Å². The Morgan fingerprint density at radius 3 is 2.84 bits per heavy atom. The fraction of sp³-hybridized carbons (Fsp3) is 0.467. The second-order valence-corrected chi connectivity index (χ2v) is 4.75. The Kier molecular flexibility index (Phi) is 5.10. The SMILES string of the molecule is CCCNC(c1cccc(CCC)c1)c1ncn[nH]1.